The quantitative estimate of drug-likeness (QED) is 0.812. The van der Waals surface area contributed by atoms with E-state index in [4.69, 9.17) is 17.3 Å². The van der Waals surface area contributed by atoms with E-state index < -0.39 is 0 Å². The van der Waals surface area contributed by atoms with E-state index in [1.807, 2.05) is 11.4 Å². The number of rotatable bonds is 3. The van der Waals surface area contributed by atoms with Gasteiger partial charge >= 0.3 is 0 Å². The van der Waals surface area contributed by atoms with Gasteiger partial charge in [0.1, 0.15) is 0 Å². The largest absolute Gasteiger partial charge is 0.396 e. The van der Waals surface area contributed by atoms with E-state index in [1.54, 1.807) is 11.3 Å². The third-order valence-electron chi connectivity index (χ3n) is 2.84. The molecule has 13 heavy (non-hydrogen) atoms. The fraction of sp³-hybridized carbons (Fsp3) is 0.556. The topological polar surface area (TPSA) is 46.2 Å². The molecule has 72 valence electrons. The number of aliphatic hydroxyl groups excluding tert-OH is 1. The first-order valence-electron chi connectivity index (χ1n) is 4.27. The third-order valence-corrected chi connectivity index (χ3v) is 4.24. The molecule has 0 radical (unpaired) electrons. The van der Waals surface area contributed by atoms with Crippen LogP contribution in [0.2, 0.25) is 5.02 Å². The zero-order valence-corrected chi connectivity index (χ0v) is 8.74. The van der Waals surface area contributed by atoms with Crippen molar-refractivity contribution >= 4 is 22.9 Å². The van der Waals surface area contributed by atoms with Crippen LogP contribution in [0.3, 0.4) is 0 Å². The van der Waals surface area contributed by atoms with E-state index in [2.05, 4.69) is 0 Å². The molecule has 4 heteroatoms. The summed E-state index contributed by atoms with van der Waals surface area (Å²) in [5, 5.41) is 11.9. The lowest BCUT2D eigenvalue weighted by molar-refractivity contribution is 0.212. The van der Waals surface area contributed by atoms with Crippen molar-refractivity contribution in [2.24, 2.45) is 11.1 Å². The predicted molar refractivity (Wildman–Crippen MR) is 55.3 cm³/mol. The van der Waals surface area contributed by atoms with E-state index >= 15 is 0 Å². The average Bonchev–Trinajstić information content (AvgIpc) is 2.74. The van der Waals surface area contributed by atoms with Gasteiger partial charge in [-0.05, 0) is 12.5 Å². The summed E-state index contributed by atoms with van der Waals surface area (Å²) >= 11 is 7.48. The Balaban J connectivity index is 2.14. The molecule has 0 spiro atoms. The summed E-state index contributed by atoms with van der Waals surface area (Å²) in [5.41, 5.74) is 5.58. The second-order valence-electron chi connectivity index (χ2n) is 3.65. The Morgan fingerprint density at radius 2 is 2.54 bits per heavy atom. The maximum Gasteiger partial charge on any atom is 0.0515 e. The van der Waals surface area contributed by atoms with Crippen LogP contribution < -0.4 is 5.73 Å². The van der Waals surface area contributed by atoms with Crippen molar-refractivity contribution in [1.29, 1.82) is 0 Å². The molecule has 3 N–H and O–H groups in total. The van der Waals surface area contributed by atoms with Gasteiger partial charge in [0.2, 0.25) is 0 Å². The summed E-state index contributed by atoms with van der Waals surface area (Å²) in [5.74, 6) is 0.431. The molecule has 2 atom stereocenters. The Morgan fingerprint density at radius 1 is 1.77 bits per heavy atom. The number of hydrogen-bond acceptors (Lipinski definition) is 3. The minimum atomic E-state index is -0.0474. The Kier molecular flexibility index (Phi) is 2.36. The molecular weight excluding hydrogens is 206 g/mol. The highest BCUT2D eigenvalue weighted by atomic mass is 35.5. The van der Waals surface area contributed by atoms with Gasteiger partial charge < -0.3 is 10.8 Å². The number of aliphatic hydroxyl groups is 1. The fourth-order valence-corrected chi connectivity index (χ4v) is 3.05. The molecule has 0 saturated heterocycles. The monoisotopic (exact) mass is 217 g/mol. The molecule has 1 aromatic rings. The van der Waals surface area contributed by atoms with Gasteiger partial charge in [-0.15, -0.1) is 11.3 Å². The molecular formula is C9H12ClNOS. The van der Waals surface area contributed by atoms with E-state index in [0.29, 0.717) is 12.5 Å². The highest BCUT2D eigenvalue weighted by Crippen LogP contribution is 2.59. The van der Waals surface area contributed by atoms with Crippen LogP contribution in [0.1, 0.15) is 17.2 Å². The number of hydrogen-bond donors (Lipinski definition) is 2. The van der Waals surface area contributed by atoms with Gasteiger partial charge in [-0.25, -0.2) is 0 Å². The highest BCUT2D eigenvalue weighted by Gasteiger charge is 2.53. The Hall–Kier alpha value is -0.0900. The van der Waals surface area contributed by atoms with Crippen LogP contribution in [0.5, 0.6) is 0 Å². The van der Waals surface area contributed by atoms with Gasteiger partial charge in [0.25, 0.3) is 0 Å². The lowest BCUT2D eigenvalue weighted by Crippen LogP contribution is -2.21. The normalized spacial score (nSPS) is 32.1. The molecule has 1 aliphatic carbocycles. The molecule has 2 rings (SSSR count). The van der Waals surface area contributed by atoms with Crippen molar-refractivity contribution < 1.29 is 5.11 Å². The van der Waals surface area contributed by atoms with E-state index in [9.17, 15) is 5.11 Å². The van der Waals surface area contributed by atoms with Gasteiger partial charge in [0.05, 0.1) is 11.6 Å². The smallest absolute Gasteiger partial charge is 0.0515 e. The predicted octanol–water partition coefficient (Wildman–Crippen LogP) is 1.83. The maximum atomic E-state index is 9.19. The molecule has 0 aromatic carbocycles. The van der Waals surface area contributed by atoms with Gasteiger partial charge in [-0.3, -0.25) is 0 Å². The lowest BCUT2D eigenvalue weighted by Gasteiger charge is -2.09. The molecule has 1 fully saturated rings. The average molecular weight is 218 g/mol. The molecule has 2 nitrogen and oxygen atoms in total. The standard InChI is InChI=1S/C9H12ClNOS/c10-6-1-8(13-3-6)7-2-9(7,4-11)5-12/h1,3,7,12H,2,4-5,11H2. The Labute approximate surface area is 86.3 Å². The minimum absolute atomic E-state index is 0.0474. The van der Waals surface area contributed by atoms with E-state index in [-0.39, 0.29) is 12.0 Å². The summed E-state index contributed by atoms with van der Waals surface area (Å²) in [6.07, 6.45) is 0.997. The summed E-state index contributed by atoms with van der Waals surface area (Å²) in [4.78, 5) is 1.25. The molecule has 1 heterocycles. The summed E-state index contributed by atoms with van der Waals surface area (Å²) < 4.78 is 0. The molecule has 0 bridgehead atoms. The van der Waals surface area contributed by atoms with Crippen molar-refractivity contribution in [2.45, 2.75) is 12.3 Å². The number of thiophene rings is 1. The van der Waals surface area contributed by atoms with Crippen LogP contribution in [0.25, 0.3) is 0 Å². The van der Waals surface area contributed by atoms with Crippen LogP contribution in [0, 0.1) is 5.41 Å². The third kappa shape index (κ3) is 1.50. The fourth-order valence-electron chi connectivity index (χ4n) is 1.73. The van der Waals surface area contributed by atoms with Crippen molar-refractivity contribution in [3.8, 4) is 0 Å². The highest BCUT2D eigenvalue weighted by molar-refractivity contribution is 7.10. The van der Waals surface area contributed by atoms with Gasteiger partial charge in [0.15, 0.2) is 0 Å². The molecule has 1 aromatic heterocycles. The van der Waals surface area contributed by atoms with Crippen LogP contribution in [-0.2, 0) is 0 Å². The van der Waals surface area contributed by atoms with Crippen LogP contribution in [-0.4, -0.2) is 18.3 Å². The molecule has 0 aliphatic heterocycles. The van der Waals surface area contributed by atoms with Crippen molar-refractivity contribution in [3.05, 3.63) is 21.3 Å². The van der Waals surface area contributed by atoms with Crippen LogP contribution in [0.15, 0.2) is 11.4 Å². The van der Waals surface area contributed by atoms with Crippen molar-refractivity contribution in [3.63, 3.8) is 0 Å². The molecule has 1 saturated carbocycles. The van der Waals surface area contributed by atoms with Crippen LogP contribution in [0.4, 0.5) is 0 Å². The second-order valence-corrected chi connectivity index (χ2v) is 5.03. The SMILES string of the molecule is NCC1(CO)CC1c1cc(Cl)cs1. The molecule has 0 amide bonds. The zero-order valence-electron chi connectivity index (χ0n) is 7.16. The Morgan fingerprint density at radius 3 is 2.92 bits per heavy atom. The summed E-state index contributed by atoms with van der Waals surface area (Å²) in [6.45, 7) is 0.743. The van der Waals surface area contributed by atoms with E-state index in [1.165, 1.54) is 4.88 Å². The first-order chi connectivity index (χ1) is 6.22. The minimum Gasteiger partial charge on any atom is -0.396 e. The maximum absolute atomic E-state index is 9.19. The lowest BCUT2D eigenvalue weighted by atomic mass is 10.1. The van der Waals surface area contributed by atoms with Crippen molar-refractivity contribution in [1.82, 2.24) is 0 Å². The number of nitrogens with two attached hydrogens (primary N) is 1. The summed E-state index contributed by atoms with van der Waals surface area (Å²) in [6, 6.07) is 1.98. The first kappa shape index (κ1) is 9.46. The van der Waals surface area contributed by atoms with E-state index in [0.717, 1.165) is 11.4 Å². The van der Waals surface area contributed by atoms with Gasteiger partial charge in [-0.1, -0.05) is 11.6 Å². The number of halogens is 1. The first-order valence-corrected chi connectivity index (χ1v) is 5.52. The molecule has 2 unspecified atom stereocenters. The summed E-state index contributed by atoms with van der Waals surface area (Å²) in [7, 11) is 0. The van der Waals surface area contributed by atoms with Gasteiger partial charge in [0, 0.05) is 28.1 Å². The van der Waals surface area contributed by atoms with Crippen molar-refractivity contribution in [2.75, 3.05) is 13.2 Å². The second kappa shape index (κ2) is 3.24. The molecule has 1 aliphatic rings. The zero-order chi connectivity index (χ0) is 9.47. The van der Waals surface area contributed by atoms with Gasteiger partial charge in [-0.2, -0.15) is 0 Å². The Bertz CT molecular complexity index is 308. The van der Waals surface area contributed by atoms with Crippen LogP contribution >= 0.6 is 22.9 Å².